The van der Waals surface area contributed by atoms with Crippen LogP contribution in [0.4, 0.5) is 13.2 Å². The maximum absolute atomic E-state index is 10.5. The molecule has 0 spiro atoms. The van der Waals surface area contributed by atoms with Gasteiger partial charge >= 0.3 is 6.18 Å². The van der Waals surface area contributed by atoms with Gasteiger partial charge in [-0.25, -0.2) is 0 Å². The summed E-state index contributed by atoms with van der Waals surface area (Å²) in [5.41, 5.74) is 0. The average Bonchev–Trinajstić information content (AvgIpc) is 2.19. The van der Waals surface area contributed by atoms with Crippen LogP contribution in [0.25, 0.3) is 0 Å². The molecule has 1 atom stereocenters. The molecule has 94 valence electrons. The molecule has 0 bridgehead atoms. The van der Waals surface area contributed by atoms with Gasteiger partial charge in [-0.2, -0.15) is 13.2 Å². The number of aliphatic carboxylic acids is 1. The zero-order valence-electron chi connectivity index (χ0n) is 8.93. The van der Waals surface area contributed by atoms with Crippen molar-refractivity contribution >= 4 is 5.97 Å². The van der Waals surface area contributed by atoms with E-state index in [4.69, 9.17) is 9.90 Å². The van der Waals surface area contributed by atoms with E-state index >= 15 is 0 Å². The standard InChI is InChI=1S/C8H15N.C2HF3O2/c1-2-5-8-6-3-4-7-9-8;3-2(4,5)1(6)7/h2,8-9H,1,3-7H2;(H,6,7). The van der Waals surface area contributed by atoms with E-state index in [1.807, 2.05) is 6.08 Å². The fourth-order valence-electron chi connectivity index (χ4n) is 1.45. The molecule has 1 unspecified atom stereocenters. The minimum Gasteiger partial charge on any atom is -0.542 e. The minimum absolute atomic E-state index is 0.858. The van der Waals surface area contributed by atoms with Crippen LogP contribution in [0.3, 0.4) is 0 Å². The predicted octanol–water partition coefficient (Wildman–Crippen LogP) is -0.0230. The summed E-state index contributed by atoms with van der Waals surface area (Å²) in [6, 6.07) is 0.858. The summed E-state index contributed by atoms with van der Waals surface area (Å²) in [6.07, 6.45) is 2.27. The molecule has 0 saturated carbocycles. The number of hydrogen-bond acceptors (Lipinski definition) is 2. The van der Waals surface area contributed by atoms with Crippen molar-refractivity contribution < 1.29 is 28.4 Å². The lowest BCUT2D eigenvalue weighted by molar-refractivity contribution is -0.696. The van der Waals surface area contributed by atoms with Gasteiger partial charge in [0.2, 0.25) is 0 Å². The second kappa shape index (κ2) is 7.27. The summed E-state index contributed by atoms with van der Waals surface area (Å²) >= 11 is 0. The Kier molecular flexibility index (Phi) is 6.80. The first-order valence-electron chi connectivity index (χ1n) is 5.10. The zero-order valence-corrected chi connectivity index (χ0v) is 8.93. The number of rotatable bonds is 2. The first-order valence-corrected chi connectivity index (χ1v) is 5.10. The Morgan fingerprint density at radius 1 is 1.50 bits per heavy atom. The highest BCUT2D eigenvalue weighted by molar-refractivity contribution is 5.70. The van der Waals surface area contributed by atoms with Crippen molar-refractivity contribution in [2.75, 3.05) is 6.54 Å². The summed E-state index contributed by atoms with van der Waals surface area (Å²) in [4.78, 5) is 8.78. The molecule has 0 aromatic rings. The molecule has 1 fully saturated rings. The summed E-state index contributed by atoms with van der Waals surface area (Å²) in [7, 11) is 0. The maximum atomic E-state index is 10.5. The molecule has 6 heteroatoms. The molecule has 3 nitrogen and oxygen atoms in total. The van der Waals surface area contributed by atoms with E-state index in [-0.39, 0.29) is 0 Å². The molecule has 0 amide bonds. The number of nitrogens with two attached hydrogens (primary N) is 1. The van der Waals surface area contributed by atoms with E-state index in [2.05, 4.69) is 11.9 Å². The second-order valence-electron chi connectivity index (χ2n) is 3.59. The lowest BCUT2D eigenvalue weighted by atomic mass is 10.0. The average molecular weight is 239 g/mol. The number of piperidine rings is 1. The van der Waals surface area contributed by atoms with Crippen molar-refractivity contribution in [2.24, 2.45) is 0 Å². The van der Waals surface area contributed by atoms with Crippen molar-refractivity contribution in [3.63, 3.8) is 0 Å². The molecule has 1 heterocycles. The van der Waals surface area contributed by atoms with Gasteiger partial charge in [-0.05, 0) is 19.3 Å². The first kappa shape index (κ1) is 15.0. The smallest absolute Gasteiger partial charge is 0.430 e. The molecular formula is C10H16F3NO2. The van der Waals surface area contributed by atoms with Crippen LogP contribution in [-0.4, -0.2) is 24.7 Å². The molecule has 0 radical (unpaired) electrons. The normalized spacial score (nSPS) is 20.6. The summed E-state index contributed by atoms with van der Waals surface area (Å²) in [5, 5.41) is 11.2. The highest BCUT2D eigenvalue weighted by Crippen LogP contribution is 2.11. The third-order valence-electron chi connectivity index (χ3n) is 2.23. The fraction of sp³-hybridized carbons (Fsp3) is 0.700. The third-order valence-corrected chi connectivity index (χ3v) is 2.23. The fourth-order valence-corrected chi connectivity index (χ4v) is 1.45. The van der Waals surface area contributed by atoms with Gasteiger partial charge < -0.3 is 15.2 Å². The van der Waals surface area contributed by atoms with Gasteiger partial charge in [0.1, 0.15) is 5.97 Å². The van der Waals surface area contributed by atoms with Crippen molar-refractivity contribution in [1.82, 2.24) is 0 Å². The van der Waals surface area contributed by atoms with Crippen molar-refractivity contribution in [2.45, 2.75) is 37.9 Å². The number of alkyl halides is 3. The lowest BCUT2D eigenvalue weighted by Gasteiger charge is -2.18. The van der Waals surface area contributed by atoms with Gasteiger partial charge in [0, 0.05) is 6.42 Å². The van der Waals surface area contributed by atoms with Crippen LogP contribution >= 0.6 is 0 Å². The van der Waals surface area contributed by atoms with Crippen LogP contribution in [-0.2, 0) is 4.79 Å². The topological polar surface area (TPSA) is 56.7 Å². The Balaban J connectivity index is 0.000000293. The van der Waals surface area contributed by atoms with Crippen LogP contribution < -0.4 is 10.4 Å². The number of halogens is 3. The predicted molar refractivity (Wildman–Crippen MR) is 50.3 cm³/mol. The zero-order chi connectivity index (χ0) is 12.6. The molecule has 0 aromatic heterocycles. The molecule has 0 aromatic carbocycles. The van der Waals surface area contributed by atoms with E-state index in [0.29, 0.717) is 0 Å². The Hall–Kier alpha value is -1.04. The van der Waals surface area contributed by atoms with Gasteiger partial charge in [0.05, 0.1) is 12.6 Å². The van der Waals surface area contributed by atoms with E-state index in [0.717, 1.165) is 6.04 Å². The van der Waals surface area contributed by atoms with Crippen molar-refractivity contribution in [3.8, 4) is 0 Å². The number of carbonyl (C=O) groups is 1. The van der Waals surface area contributed by atoms with Crippen LogP contribution in [0, 0.1) is 0 Å². The molecule has 1 aliphatic rings. The Bertz CT molecular complexity index is 223. The highest BCUT2D eigenvalue weighted by atomic mass is 19.4. The van der Waals surface area contributed by atoms with E-state index < -0.39 is 12.1 Å². The van der Waals surface area contributed by atoms with Gasteiger partial charge in [-0.3, -0.25) is 0 Å². The number of carboxylic acids is 1. The van der Waals surface area contributed by atoms with Gasteiger partial charge in [-0.15, -0.1) is 6.58 Å². The largest absolute Gasteiger partial charge is 0.542 e. The van der Waals surface area contributed by atoms with E-state index in [1.165, 1.54) is 32.2 Å². The van der Waals surface area contributed by atoms with Crippen molar-refractivity contribution in [1.29, 1.82) is 0 Å². The van der Waals surface area contributed by atoms with Gasteiger partial charge in [0.15, 0.2) is 0 Å². The van der Waals surface area contributed by atoms with Crippen LogP contribution in [0.5, 0.6) is 0 Å². The van der Waals surface area contributed by atoms with Crippen molar-refractivity contribution in [3.05, 3.63) is 12.7 Å². The van der Waals surface area contributed by atoms with Crippen LogP contribution in [0.15, 0.2) is 12.7 Å². The summed E-state index contributed by atoms with van der Waals surface area (Å²) in [5.74, 6) is -3.01. The molecule has 2 N–H and O–H groups in total. The lowest BCUT2D eigenvalue weighted by Crippen LogP contribution is -2.91. The molecule has 16 heavy (non-hydrogen) atoms. The second-order valence-corrected chi connectivity index (χ2v) is 3.59. The maximum Gasteiger partial charge on any atom is 0.430 e. The molecule has 1 rings (SSSR count). The first-order chi connectivity index (χ1) is 7.38. The third kappa shape index (κ3) is 7.28. The molecule has 1 aliphatic heterocycles. The Morgan fingerprint density at radius 2 is 2.06 bits per heavy atom. The monoisotopic (exact) mass is 239 g/mol. The molecular weight excluding hydrogens is 223 g/mol. The molecule has 0 aliphatic carbocycles. The molecule has 1 saturated heterocycles. The number of carbonyl (C=O) groups excluding carboxylic acids is 1. The van der Waals surface area contributed by atoms with E-state index in [1.54, 1.807) is 0 Å². The minimum atomic E-state index is -5.19. The van der Waals surface area contributed by atoms with Gasteiger partial charge in [0.25, 0.3) is 0 Å². The Labute approximate surface area is 92.3 Å². The number of carboxylic acid groups (broad SMARTS) is 1. The van der Waals surface area contributed by atoms with Gasteiger partial charge in [-0.1, -0.05) is 6.08 Å². The van der Waals surface area contributed by atoms with E-state index in [9.17, 15) is 13.2 Å². The highest BCUT2D eigenvalue weighted by Gasteiger charge is 2.28. The number of quaternary nitrogens is 1. The van der Waals surface area contributed by atoms with Crippen LogP contribution in [0.2, 0.25) is 0 Å². The summed E-state index contributed by atoms with van der Waals surface area (Å²) < 4.78 is 31.5. The Morgan fingerprint density at radius 3 is 2.38 bits per heavy atom. The number of hydrogen-bond donors (Lipinski definition) is 1. The SMILES string of the molecule is C=CCC1CCCC[NH2+]1.O=C([O-])C(F)(F)F. The summed E-state index contributed by atoms with van der Waals surface area (Å²) in [6.45, 7) is 5.07. The van der Waals surface area contributed by atoms with Crippen LogP contribution in [0.1, 0.15) is 25.7 Å². The quantitative estimate of drug-likeness (QED) is 0.688.